The molecular weight excluding hydrogens is 216 g/mol. The van der Waals surface area contributed by atoms with Gasteiger partial charge in [0.05, 0.1) is 27.4 Å². The van der Waals surface area contributed by atoms with E-state index in [1.165, 1.54) is 12.1 Å². The molecule has 2 aromatic rings. The highest BCUT2D eigenvalue weighted by Gasteiger charge is 2.21. The zero-order chi connectivity index (χ0) is 11.9. The van der Waals surface area contributed by atoms with Crippen LogP contribution in [0.3, 0.4) is 0 Å². The maximum absolute atomic E-state index is 10.7. The first-order valence-electron chi connectivity index (χ1n) is 4.32. The van der Waals surface area contributed by atoms with E-state index in [4.69, 9.17) is 4.42 Å². The van der Waals surface area contributed by atoms with Crippen LogP contribution in [0.4, 0.5) is 11.4 Å². The highest BCUT2D eigenvalue weighted by molar-refractivity contribution is 5.89. The van der Waals surface area contributed by atoms with Crippen molar-refractivity contribution in [3.05, 3.63) is 44.2 Å². The van der Waals surface area contributed by atoms with Gasteiger partial charge in [-0.3, -0.25) is 20.2 Å². The third-order valence-corrected chi connectivity index (χ3v) is 2.13. The molecule has 0 bridgehead atoms. The second kappa shape index (κ2) is 3.30. The molecule has 0 radical (unpaired) electrons. The lowest BCUT2D eigenvalue weighted by Gasteiger charge is -1.94. The zero-order valence-corrected chi connectivity index (χ0v) is 8.17. The second-order valence-corrected chi connectivity index (χ2v) is 3.25. The lowest BCUT2D eigenvalue weighted by molar-refractivity contribution is -0.393. The molecule has 82 valence electrons. The number of nitrogens with zero attached hydrogens (tertiary/aromatic N) is 2. The van der Waals surface area contributed by atoms with Crippen LogP contribution in [0.25, 0.3) is 11.0 Å². The standard InChI is InChI=1S/C9H6N2O5/c1-5-2-7-8(11(14)15)3-6(10(12)13)4-9(7)16-5/h2-4H,1H3. The summed E-state index contributed by atoms with van der Waals surface area (Å²) in [5.41, 5.74) is -0.520. The predicted octanol–water partition coefficient (Wildman–Crippen LogP) is 2.56. The Morgan fingerprint density at radius 2 is 1.81 bits per heavy atom. The summed E-state index contributed by atoms with van der Waals surface area (Å²) >= 11 is 0. The summed E-state index contributed by atoms with van der Waals surface area (Å²) in [6.07, 6.45) is 0. The number of rotatable bonds is 2. The van der Waals surface area contributed by atoms with Crippen LogP contribution in [-0.4, -0.2) is 9.85 Å². The Morgan fingerprint density at radius 3 is 2.38 bits per heavy atom. The molecular formula is C9H6N2O5. The average Bonchev–Trinajstić information content (AvgIpc) is 2.55. The van der Waals surface area contributed by atoms with Crippen molar-refractivity contribution < 1.29 is 14.3 Å². The highest BCUT2D eigenvalue weighted by Crippen LogP contribution is 2.32. The summed E-state index contributed by atoms with van der Waals surface area (Å²) in [6, 6.07) is 3.59. The van der Waals surface area contributed by atoms with Crippen molar-refractivity contribution in [2.45, 2.75) is 6.92 Å². The van der Waals surface area contributed by atoms with Crippen molar-refractivity contribution in [2.75, 3.05) is 0 Å². The van der Waals surface area contributed by atoms with Crippen molar-refractivity contribution in [3.63, 3.8) is 0 Å². The van der Waals surface area contributed by atoms with Gasteiger partial charge in [-0.15, -0.1) is 0 Å². The average molecular weight is 222 g/mol. The number of fused-ring (bicyclic) bond motifs is 1. The number of hydrogen-bond donors (Lipinski definition) is 0. The molecule has 0 aliphatic heterocycles. The Balaban J connectivity index is 2.83. The number of nitro benzene ring substituents is 2. The van der Waals surface area contributed by atoms with Crippen molar-refractivity contribution in [1.82, 2.24) is 0 Å². The van der Waals surface area contributed by atoms with E-state index in [0.29, 0.717) is 5.76 Å². The van der Waals surface area contributed by atoms with Crippen LogP contribution in [0, 0.1) is 27.2 Å². The third kappa shape index (κ3) is 1.48. The number of aryl methyl sites for hydroxylation is 1. The molecule has 0 spiro atoms. The smallest absolute Gasteiger partial charge is 0.287 e. The van der Waals surface area contributed by atoms with Gasteiger partial charge in [-0.25, -0.2) is 0 Å². The predicted molar refractivity (Wildman–Crippen MR) is 54.3 cm³/mol. The van der Waals surface area contributed by atoms with E-state index >= 15 is 0 Å². The maximum Gasteiger partial charge on any atom is 0.287 e. The van der Waals surface area contributed by atoms with Gasteiger partial charge < -0.3 is 4.42 Å². The molecule has 16 heavy (non-hydrogen) atoms. The Hall–Kier alpha value is -2.44. The van der Waals surface area contributed by atoms with Gasteiger partial charge in [-0.2, -0.15) is 0 Å². The summed E-state index contributed by atoms with van der Waals surface area (Å²) < 4.78 is 5.14. The SMILES string of the molecule is Cc1cc2c([N+](=O)[O-])cc([N+](=O)[O-])cc2o1. The molecule has 0 saturated heterocycles. The molecule has 0 unspecified atom stereocenters. The fraction of sp³-hybridized carbons (Fsp3) is 0.111. The topological polar surface area (TPSA) is 99.4 Å². The van der Waals surface area contributed by atoms with Crippen molar-refractivity contribution in [2.24, 2.45) is 0 Å². The van der Waals surface area contributed by atoms with Gasteiger partial charge in [0, 0.05) is 0 Å². The third-order valence-electron chi connectivity index (χ3n) is 2.13. The van der Waals surface area contributed by atoms with Crippen molar-refractivity contribution in [1.29, 1.82) is 0 Å². The molecule has 0 saturated carbocycles. The minimum Gasteiger partial charge on any atom is -0.461 e. The zero-order valence-electron chi connectivity index (χ0n) is 8.17. The van der Waals surface area contributed by atoms with E-state index in [-0.39, 0.29) is 22.3 Å². The monoisotopic (exact) mass is 222 g/mol. The van der Waals surface area contributed by atoms with Crippen LogP contribution in [0.1, 0.15) is 5.76 Å². The van der Waals surface area contributed by atoms with Gasteiger partial charge in [-0.05, 0) is 13.0 Å². The molecule has 1 heterocycles. The first-order chi connectivity index (χ1) is 7.49. The van der Waals surface area contributed by atoms with Crippen LogP contribution >= 0.6 is 0 Å². The van der Waals surface area contributed by atoms with Crippen LogP contribution in [0.2, 0.25) is 0 Å². The lowest BCUT2D eigenvalue weighted by atomic mass is 10.2. The molecule has 7 nitrogen and oxygen atoms in total. The van der Waals surface area contributed by atoms with E-state index in [0.717, 1.165) is 6.07 Å². The normalized spacial score (nSPS) is 10.6. The van der Waals surface area contributed by atoms with Crippen LogP contribution in [0.5, 0.6) is 0 Å². The van der Waals surface area contributed by atoms with Gasteiger partial charge >= 0.3 is 0 Å². The number of non-ortho nitro benzene ring substituents is 2. The first-order valence-corrected chi connectivity index (χ1v) is 4.32. The molecule has 0 atom stereocenters. The Morgan fingerprint density at radius 1 is 1.12 bits per heavy atom. The lowest BCUT2D eigenvalue weighted by Crippen LogP contribution is -1.92. The highest BCUT2D eigenvalue weighted by atomic mass is 16.6. The van der Waals surface area contributed by atoms with Crippen LogP contribution < -0.4 is 0 Å². The molecule has 1 aromatic heterocycles. The van der Waals surface area contributed by atoms with E-state index in [9.17, 15) is 20.2 Å². The number of benzene rings is 1. The summed E-state index contributed by atoms with van der Waals surface area (Å²) in [6.45, 7) is 1.62. The minimum atomic E-state index is -0.690. The summed E-state index contributed by atoms with van der Waals surface area (Å²) in [5.74, 6) is 0.471. The van der Waals surface area contributed by atoms with Gasteiger partial charge in [0.15, 0.2) is 0 Å². The number of furan rings is 1. The van der Waals surface area contributed by atoms with E-state index in [1.54, 1.807) is 6.92 Å². The number of hydrogen-bond acceptors (Lipinski definition) is 5. The van der Waals surface area contributed by atoms with Crippen LogP contribution in [0.15, 0.2) is 22.6 Å². The number of nitro groups is 2. The molecule has 0 aliphatic carbocycles. The quantitative estimate of drug-likeness (QED) is 0.574. The molecule has 1 aromatic carbocycles. The van der Waals surface area contributed by atoms with Gasteiger partial charge in [-0.1, -0.05) is 0 Å². The van der Waals surface area contributed by atoms with E-state index in [1.807, 2.05) is 0 Å². The first kappa shape index (κ1) is 10.1. The van der Waals surface area contributed by atoms with Gasteiger partial charge in [0.2, 0.25) is 0 Å². The van der Waals surface area contributed by atoms with Gasteiger partial charge in [0.25, 0.3) is 11.4 Å². The summed E-state index contributed by atoms with van der Waals surface area (Å²) in [7, 11) is 0. The fourth-order valence-corrected chi connectivity index (χ4v) is 1.49. The molecule has 2 rings (SSSR count). The summed E-state index contributed by atoms with van der Waals surface area (Å²) in [4.78, 5) is 20.0. The van der Waals surface area contributed by atoms with Crippen LogP contribution in [-0.2, 0) is 0 Å². The largest absolute Gasteiger partial charge is 0.461 e. The van der Waals surface area contributed by atoms with Gasteiger partial charge in [0.1, 0.15) is 11.3 Å². The summed E-state index contributed by atoms with van der Waals surface area (Å²) in [5, 5.41) is 21.6. The maximum atomic E-state index is 10.7. The van der Waals surface area contributed by atoms with E-state index in [2.05, 4.69) is 0 Å². The Labute approximate surface area is 88.6 Å². The molecule has 0 amide bonds. The molecule has 0 N–H and O–H groups in total. The fourth-order valence-electron chi connectivity index (χ4n) is 1.49. The molecule has 7 heteroatoms. The van der Waals surface area contributed by atoms with Crippen molar-refractivity contribution in [3.8, 4) is 0 Å². The molecule has 0 aliphatic rings. The Bertz CT molecular complexity index is 601. The minimum absolute atomic E-state index is 0.151. The second-order valence-electron chi connectivity index (χ2n) is 3.25. The molecule has 0 fully saturated rings. The van der Waals surface area contributed by atoms with Crippen molar-refractivity contribution >= 4 is 22.3 Å². The van der Waals surface area contributed by atoms with E-state index < -0.39 is 9.85 Å². The Kier molecular flexibility index (Phi) is 2.08.